The predicted octanol–water partition coefficient (Wildman–Crippen LogP) is 2.32. The molecule has 2 aromatic rings. The Morgan fingerprint density at radius 3 is 3.08 bits per heavy atom. The summed E-state index contributed by atoms with van der Waals surface area (Å²) in [5.74, 6) is 2.70. The fourth-order valence-electron chi connectivity index (χ4n) is 3.03. The van der Waals surface area contributed by atoms with Crippen LogP contribution < -0.4 is 9.47 Å². The second-order valence-electron chi connectivity index (χ2n) is 5.85. The maximum absolute atomic E-state index is 12.4. The molecule has 2 aliphatic heterocycles. The molecule has 0 N–H and O–H groups in total. The van der Waals surface area contributed by atoms with Gasteiger partial charge in [-0.1, -0.05) is 6.07 Å². The molecule has 0 spiro atoms. The summed E-state index contributed by atoms with van der Waals surface area (Å²) in [6.45, 7) is 2.16. The van der Waals surface area contributed by atoms with Crippen molar-refractivity contribution in [3.63, 3.8) is 0 Å². The Bertz CT molecular complexity index is 720. The number of aromatic nitrogens is 2. The van der Waals surface area contributed by atoms with Crippen molar-refractivity contribution in [1.29, 1.82) is 0 Å². The lowest BCUT2D eigenvalue weighted by molar-refractivity contribution is -0.131. The van der Waals surface area contributed by atoms with Crippen LogP contribution in [0.1, 0.15) is 17.2 Å². The Hall–Kier alpha value is -2.15. The SMILES string of the molecule is O=C(Cn1cccn1)N1CCSC(c2ccc3c(c2)OCO3)CC1. The Morgan fingerprint density at radius 1 is 1.29 bits per heavy atom. The first-order valence-corrected chi connectivity index (χ1v) is 9.11. The molecule has 0 radical (unpaired) electrons. The number of benzene rings is 1. The highest BCUT2D eigenvalue weighted by molar-refractivity contribution is 7.99. The maximum Gasteiger partial charge on any atom is 0.244 e. The molecule has 1 atom stereocenters. The largest absolute Gasteiger partial charge is 0.454 e. The summed E-state index contributed by atoms with van der Waals surface area (Å²) >= 11 is 1.90. The summed E-state index contributed by atoms with van der Waals surface area (Å²) in [5, 5.41) is 4.49. The summed E-state index contributed by atoms with van der Waals surface area (Å²) in [6.07, 6.45) is 4.45. The lowest BCUT2D eigenvalue weighted by Crippen LogP contribution is -2.35. The highest BCUT2D eigenvalue weighted by Gasteiger charge is 2.24. The van der Waals surface area contributed by atoms with Gasteiger partial charge in [0.1, 0.15) is 6.54 Å². The van der Waals surface area contributed by atoms with Gasteiger partial charge in [-0.05, 0) is 30.2 Å². The van der Waals surface area contributed by atoms with Crippen molar-refractivity contribution >= 4 is 17.7 Å². The summed E-state index contributed by atoms with van der Waals surface area (Å²) < 4.78 is 12.5. The molecular formula is C17H19N3O3S. The van der Waals surface area contributed by atoms with Crippen LogP contribution in [0.4, 0.5) is 0 Å². The van der Waals surface area contributed by atoms with Crippen LogP contribution in [0.2, 0.25) is 0 Å². The van der Waals surface area contributed by atoms with Gasteiger partial charge >= 0.3 is 0 Å². The van der Waals surface area contributed by atoms with E-state index in [0.717, 1.165) is 36.8 Å². The zero-order chi connectivity index (χ0) is 16.4. The monoisotopic (exact) mass is 345 g/mol. The minimum Gasteiger partial charge on any atom is -0.454 e. The van der Waals surface area contributed by atoms with Gasteiger partial charge in [0, 0.05) is 36.5 Å². The zero-order valence-corrected chi connectivity index (χ0v) is 14.1. The van der Waals surface area contributed by atoms with Gasteiger partial charge in [-0.3, -0.25) is 9.48 Å². The van der Waals surface area contributed by atoms with E-state index in [1.165, 1.54) is 5.56 Å². The van der Waals surface area contributed by atoms with Crippen molar-refractivity contribution in [2.24, 2.45) is 0 Å². The standard InChI is InChI=1S/C17H19N3O3S/c21-17(11-20-6-1-5-18-20)19-7-4-16(24-9-8-19)13-2-3-14-15(10-13)23-12-22-14/h1-3,5-6,10,16H,4,7-9,11-12H2. The number of hydrogen-bond acceptors (Lipinski definition) is 5. The number of carbonyl (C=O) groups is 1. The molecule has 1 amide bonds. The number of fused-ring (bicyclic) bond motifs is 1. The molecule has 126 valence electrons. The van der Waals surface area contributed by atoms with Crippen LogP contribution in [0.25, 0.3) is 0 Å². The average molecular weight is 345 g/mol. The molecule has 1 aromatic heterocycles. The third-order valence-corrected chi connectivity index (χ3v) is 5.65. The second kappa shape index (κ2) is 6.76. The Morgan fingerprint density at radius 2 is 2.21 bits per heavy atom. The molecule has 1 saturated heterocycles. The molecular weight excluding hydrogens is 326 g/mol. The van der Waals surface area contributed by atoms with E-state index in [9.17, 15) is 4.79 Å². The van der Waals surface area contributed by atoms with Crippen LogP contribution in [-0.2, 0) is 11.3 Å². The molecule has 1 unspecified atom stereocenters. The topological polar surface area (TPSA) is 56.6 Å². The average Bonchev–Trinajstić information content (AvgIpc) is 3.20. The quantitative estimate of drug-likeness (QED) is 0.854. The van der Waals surface area contributed by atoms with Crippen LogP contribution >= 0.6 is 11.8 Å². The van der Waals surface area contributed by atoms with Gasteiger partial charge in [-0.25, -0.2) is 0 Å². The summed E-state index contributed by atoms with van der Waals surface area (Å²) in [5.41, 5.74) is 1.24. The van der Waals surface area contributed by atoms with E-state index in [0.29, 0.717) is 18.6 Å². The first kappa shape index (κ1) is 15.4. The fraction of sp³-hybridized carbons (Fsp3) is 0.412. The number of hydrogen-bond donors (Lipinski definition) is 0. The highest BCUT2D eigenvalue weighted by Crippen LogP contribution is 2.40. The van der Waals surface area contributed by atoms with Crippen molar-refractivity contribution in [2.75, 3.05) is 25.6 Å². The molecule has 0 saturated carbocycles. The Balaban J connectivity index is 1.40. The lowest BCUT2D eigenvalue weighted by Gasteiger charge is -2.20. The van der Waals surface area contributed by atoms with Crippen molar-refractivity contribution in [2.45, 2.75) is 18.2 Å². The second-order valence-corrected chi connectivity index (χ2v) is 7.16. The van der Waals surface area contributed by atoms with Crippen molar-refractivity contribution in [3.05, 3.63) is 42.2 Å². The molecule has 1 aromatic carbocycles. The zero-order valence-electron chi connectivity index (χ0n) is 13.3. The van der Waals surface area contributed by atoms with E-state index in [1.54, 1.807) is 10.9 Å². The molecule has 6 nitrogen and oxygen atoms in total. The van der Waals surface area contributed by atoms with E-state index in [4.69, 9.17) is 9.47 Å². The van der Waals surface area contributed by atoms with Crippen LogP contribution in [0.15, 0.2) is 36.7 Å². The number of amides is 1. The number of ether oxygens (including phenoxy) is 2. The van der Waals surface area contributed by atoms with Gasteiger partial charge < -0.3 is 14.4 Å². The van der Waals surface area contributed by atoms with Gasteiger partial charge in [-0.15, -0.1) is 0 Å². The minimum atomic E-state index is 0.130. The number of carbonyl (C=O) groups excluding carboxylic acids is 1. The normalized spacial score (nSPS) is 20.0. The number of thioether (sulfide) groups is 1. The molecule has 4 rings (SSSR count). The number of nitrogens with zero attached hydrogens (tertiary/aromatic N) is 3. The minimum absolute atomic E-state index is 0.130. The maximum atomic E-state index is 12.4. The molecule has 0 aliphatic carbocycles. The molecule has 7 heteroatoms. The fourth-order valence-corrected chi connectivity index (χ4v) is 4.25. The van der Waals surface area contributed by atoms with Crippen LogP contribution in [0.3, 0.4) is 0 Å². The summed E-state index contributed by atoms with van der Waals surface area (Å²) in [7, 11) is 0. The van der Waals surface area contributed by atoms with Gasteiger partial charge in [0.25, 0.3) is 0 Å². The molecule has 0 bridgehead atoms. The van der Waals surface area contributed by atoms with Crippen LogP contribution in [0, 0.1) is 0 Å². The summed E-state index contributed by atoms with van der Waals surface area (Å²) in [6, 6.07) is 7.98. The van der Waals surface area contributed by atoms with E-state index < -0.39 is 0 Å². The first-order valence-electron chi connectivity index (χ1n) is 8.06. The van der Waals surface area contributed by atoms with Crippen molar-refractivity contribution in [1.82, 2.24) is 14.7 Å². The Labute approximate surface area is 144 Å². The smallest absolute Gasteiger partial charge is 0.244 e. The lowest BCUT2D eigenvalue weighted by atomic mass is 10.1. The van der Waals surface area contributed by atoms with Gasteiger partial charge in [0.2, 0.25) is 12.7 Å². The van der Waals surface area contributed by atoms with Crippen LogP contribution in [0.5, 0.6) is 11.5 Å². The van der Waals surface area contributed by atoms with Crippen molar-refractivity contribution in [3.8, 4) is 11.5 Å². The van der Waals surface area contributed by atoms with E-state index >= 15 is 0 Å². The third kappa shape index (κ3) is 3.21. The first-order chi connectivity index (χ1) is 11.8. The molecule has 1 fully saturated rings. The van der Waals surface area contributed by atoms with E-state index in [1.807, 2.05) is 35.0 Å². The molecule has 3 heterocycles. The van der Waals surface area contributed by atoms with E-state index in [-0.39, 0.29) is 5.91 Å². The third-order valence-electron chi connectivity index (χ3n) is 4.32. The van der Waals surface area contributed by atoms with Gasteiger partial charge in [0.15, 0.2) is 11.5 Å². The molecule has 2 aliphatic rings. The van der Waals surface area contributed by atoms with Gasteiger partial charge in [0.05, 0.1) is 0 Å². The molecule has 24 heavy (non-hydrogen) atoms. The summed E-state index contributed by atoms with van der Waals surface area (Å²) in [4.78, 5) is 14.4. The number of rotatable bonds is 3. The van der Waals surface area contributed by atoms with Crippen molar-refractivity contribution < 1.29 is 14.3 Å². The van der Waals surface area contributed by atoms with E-state index in [2.05, 4.69) is 17.2 Å². The highest BCUT2D eigenvalue weighted by atomic mass is 32.2. The van der Waals surface area contributed by atoms with Crippen LogP contribution in [-0.4, -0.2) is 46.2 Å². The van der Waals surface area contributed by atoms with Gasteiger partial charge in [-0.2, -0.15) is 16.9 Å². The predicted molar refractivity (Wildman–Crippen MR) is 91.2 cm³/mol. The Kier molecular flexibility index (Phi) is 4.34.